The lowest BCUT2D eigenvalue weighted by Gasteiger charge is -2.39. The third-order valence-corrected chi connectivity index (χ3v) is 3.84. The first-order valence-corrected chi connectivity index (χ1v) is 5.90. The molecule has 3 nitrogen and oxygen atoms in total. The van der Waals surface area contributed by atoms with Gasteiger partial charge in [0, 0.05) is 18.4 Å². The highest BCUT2D eigenvalue weighted by Crippen LogP contribution is 2.38. The topological polar surface area (TPSA) is 37.8 Å². The molecular weight excluding hydrogens is 186 g/mol. The highest BCUT2D eigenvalue weighted by molar-refractivity contribution is 5.13. The van der Waals surface area contributed by atoms with Gasteiger partial charge < -0.3 is 5.32 Å². The van der Waals surface area contributed by atoms with E-state index in [0.717, 1.165) is 12.0 Å². The molecule has 1 aromatic rings. The van der Waals surface area contributed by atoms with Crippen LogP contribution >= 0.6 is 0 Å². The van der Waals surface area contributed by atoms with E-state index < -0.39 is 0 Å². The van der Waals surface area contributed by atoms with Crippen molar-refractivity contribution in [2.24, 2.45) is 5.92 Å². The number of aromatic nitrogens is 2. The fourth-order valence-corrected chi connectivity index (χ4v) is 3.12. The van der Waals surface area contributed by atoms with Gasteiger partial charge in [-0.25, -0.2) is 9.97 Å². The highest BCUT2D eigenvalue weighted by atomic mass is 14.9. The highest BCUT2D eigenvalue weighted by Gasteiger charge is 2.32. The van der Waals surface area contributed by atoms with E-state index in [4.69, 9.17) is 0 Å². The van der Waals surface area contributed by atoms with Gasteiger partial charge in [-0.3, -0.25) is 0 Å². The van der Waals surface area contributed by atoms with Gasteiger partial charge in [0.2, 0.25) is 0 Å². The average molecular weight is 203 g/mol. The number of nitrogens with one attached hydrogen (secondary N) is 1. The summed E-state index contributed by atoms with van der Waals surface area (Å²) in [5.41, 5.74) is 1.33. The van der Waals surface area contributed by atoms with Gasteiger partial charge in [-0.15, -0.1) is 0 Å². The van der Waals surface area contributed by atoms with E-state index in [1.165, 1.54) is 37.8 Å². The first-order valence-electron chi connectivity index (χ1n) is 5.90. The van der Waals surface area contributed by atoms with E-state index in [0.29, 0.717) is 5.92 Å². The number of rotatable bonds is 1. The van der Waals surface area contributed by atoms with Crippen LogP contribution in [0.15, 0.2) is 18.7 Å². The summed E-state index contributed by atoms with van der Waals surface area (Å²) >= 11 is 0. The average Bonchev–Trinajstić information content (AvgIpc) is 2.30. The van der Waals surface area contributed by atoms with Crippen LogP contribution < -0.4 is 5.32 Å². The van der Waals surface area contributed by atoms with E-state index in [1.54, 1.807) is 6.33 Å². The lowest BCUT2D eigenvalue weighted by atomic mass is 9.73. The molecule has 3 heteroatoms. The van der Waals surface area contributed by atoms with Crippen LogP contribution in [0.1, 0.15) is 37.2 Å². The fourth-order valence-electron chi connectivity index (χ4n) is 3.12. The molecule has 3 unspecified atom stereocenters. The summed E-state index contributed by atoms with van der Waals surface area (Å²) in [5.74, 6) is 1.61. The zero-order valence-corrected chi connectivity index (χ0v) is 8.89. The van der Waals surface area contributed by atoms with Crippen LogP contribution in [0.5, 0.6) is 0 Å². The van der Waals surface area contributed by atoms with Gasteiger partial charge in [-0.05, 0) is 49.6 Å². The second-order valence-corrected chi connectivity index (χ2v) is 4.88. The molecule has 3 atom stereocenters. The van der Waals surface area contributed by atoms with Crippen molar-refractivity contribution in [1.82, 2.24) is 15.3 Å². The molecule has 80 valence electrons. The van der Waals surface area contributed by atoms with E-state index in [1.807, 2.05) is 12.4 Å². The van der Waals surface area contributed by atoms with E-state index in [9.17, 15) is 0 Å². The van der Waals surface area contributed by atoms with Gasteiger partial charge in [0.05, 0.1) is 0 Å². The number of hydrogen-bond acceptors (Lipinski definition) is 3. The molecule has 1 N–H and O–H groups in total. The molecule has 1 aliphatic carbocycles. The molecular formula is C12H17N3. The second-order valence-electron chi connectivity index (χ2n) is 4.88. The maximum atomic E-state index is 4.12. The van der Waals surface area contributed by atoms with Crippen LogP contribution in [-0.4, -0.2) is 22.6 Å². The lowest BCUT2D eigenvalue weighted by Crippen LogP contribution is -2.43. The van der Waals surface area contributed by atoms with Crippen molar-refractivity contribution in [3.63, 3.8) is 0 Å². The Hall–Kier alpha value is -0.960. The van der Waals surface area contributed by atoms with E-state index in [2.05, 4.69) is 15.3 Å². The van der Waals surface area contributed by atoms with Crippen molar-refractivity contribution in [3.8, 4) is 0 Å². The number of piperidine rings is 1. The van der Waals surface area contributed by atoms with Crippen molar-refractivity contribution in [3.05, 3.63) is 24.3 Å². The standard InChI is InChI=1S/C12H17N3/c1-2-15-12-4-9(1)3-10(5-12)11-6-13-8-14-7-11/h6-10,12,15H,1-5H2. The van der Waals surface area contributed by atoms with E-state index in [-0.39, 0.29) is 0 Å². The third kappa shape index (κ3) is 1.88. The Kier molecular flexibility index (Phi) is 2.41. The van der Waals surface area contributed by atoms with Crippen molar-refractivity contribution >= 4 is 0 Å². The largest absolute Gasteiger partial charge is 0.314 e. The molecule has 0 spiro atoms. The van der Waals surface area contributed by atoms with Crippen LogP contribution in [0.3, 0.4) is 0 Å². The van der Waals surface area contributed by atoms with Crippen molar-refractivity contribution in [2.75, 3.05) is 6.54 Å². The molecule has 1 aromatic heterocycles. The Morgan fingerprint density at radius 3 is 2.80 bits per heavy atom. The first kappa shape index (κ1) is 9.28. The molecule has 2 aliphatic rings. The normalized spacial score (nSPS) is 35.1. The van der Waals surface area contributed by atoms with Gasteiger partial charge in [0.1, 0.15) is 6.33 Å². The minimum atomic E-state index is 0.683. The summed E-state index contributed by atoms with van der Waals surface area (Å²) < 4.78 is 0. The van der Waals surface area contributed by atoms with E-state index >= 15 is 0 Å². The maximum Gasteiger partial charge on any atom is 0.115 e. The van der Waals surface area contributed by atoms with Crippen LogP contribution in [0.2, 0.25) is 0 Å². The predicted octanol–water partition coefficient (Wildman–Crippen LogP) is 1.72. The van der Waals surface area contributed by atoms with Gasteiger partial charge in [0.15, 0.2) is 0 Å². The van der Waals surface area contributed by atoms with Crippen LogP contribution in [0.25, 0.3) is 0 Å². The number of fused-ring (bicyclic) bond motifs is 2. The summed E-state index contributed by atoms with van der Waals surface area (Å²) in [6.45, 7) is 1.22. The van der Waals surface area contributed by atoms with Crippen LogP contribution in [-0.2, 0) is 0 Å². The molecule has 0 radical (unpaired) electrons. The molecule has 0 amide bonds. The van der Waals surface area contributed by atoms with Crippen LogP contribution in [0.4, 0.5) is 0 Å². The quantitative estimate of drug-likeness (QED) is 0.755. The zero-order chi connectivity index (χ0) is 10.1. The number of nitrogens with zero attached hydrogens (tertiary/aromatic N) is 2. The Balaban J connectivity index is 1.78. The Bertz CT molecular complexity index is 313. The zero-order valence-electron chi connectivity index (χ0n) is 8.89. The van der Waals surface area contributed by atoms with Crippen molar-refractivity contribution in [1.29, 1.82) is 0 Å². The smallest absolute Gasteiger partial charge is 0.115 e. The molecule has 1 saturated carbocycles. The molecule has 2 bridgehead atoms. The second kappa shape index (κ2) is 3.89. The summed E-state index contributed by atoms with van der Waals surface area (Å²) in [5, 5.41) is 3.61. The van der Waals surface area contributed by atoms with Crippen molar-refractivity contribution < 1.29 is 0 Å². The van der Waals surface area contributed by atoms with Crippen LogP contribution in [0, 0.1) is 5.92 Å². The summed E-state index contributed by atoms with van der Waals surface area (Å²) in [7, 11) is 0. The summed E-state index contributed by atoms with van der Waals surface area (Å²) in [6, 6.07) is 0.739. The molecule has 2 fully saturated rings. The molecule has 0 aromatic carbocycles. The van der Waals surface area contributed by atoms with Gasteiger partial charge in [-0.2, -0.15) is 0 Å². The molecule has 3 rings (SSSR count). The lowest BCUT2D eigenvalue weighted by molar-refractivity contribution is 0.202. The summed E-state index contributed by atoms with van der Waals surface area (Å²) in [6.07, 6.45) is 10.9. The van der Waals surface area contributed by atoms with Gasteiger partial charge >= 0.3 is 0 Å². The molecule has 2 heterocycles. The monoisotopic (exact) mass is 203 g/mol. The fraction of sp³-hybridized carbons (Fsp3) is 0.667. The third-order valence-electron chi connectivity index (χ3n) is 3.84. The maximum absolute atomic E-state index is 4.12. The molecule has 1 aliphatic heterocycles. The minimum absolute atomic E-state index is 0.683. The Morgan fingerprint density at radius 1 is 1.13 bits per heavy atom. The minimum Gasteiger partial charge on any atom is -0.314 e. The van der Waals surface area contributed by atoms with Gasteiger partial charge in [0.25, 0.3) is 0 Å². The Morgan fingerprint density at radius 2 is 2.00 bits per heavy atom. The van der Waals surface area contributed by atoms with Gasteiger partial charge in [-0.1, -0.05) is 0 Å². The first-order chi connectivity index (χ1) is 7.42. The SMILES string of the molecule is c1ncc(C2CC3CCNC(C3)C2)cn1. The summed E-state index contributed by atoms with van der Waals surface area (Å²) in [4.78, 5) is 8.24. The molecule has 15 heavy (non-hydrogen) atoms. The predicted molar refractivity (Wildman–Crippen MR) is 58.5 cm³/mol. The molecule has 1 saturated heterocycles. The van der Waals surface area contributed by atoms with Crippen molar-refractivity contribution in [2.45, 2.75) is 37.6 Å². The number of hydrogen-bond donors (Lipinski definition) is 1. The Labute approximate surface area is 90.3 Å².